The summed E-state index contributed by atoms with van der Waals surface area (Å²) in [5.74, 6) is 0. The molecule has 59 valence electrons. The number of unbranched alkanes of at least 4 members (excludes halogenated alkanes) is 1. The van der Waals surface area contributed by atoms with Crippen molar-refractivity contribution < 1.29 is 0 Å². The van der Waals surface area contributed by atoms with E-state index in [2.05, 4.69) is 37.8 Å². The van der Waals surface area contributed by atoms with E-state index in [4.69, 9.17) is 0 Å². The minimum Gasteiger partial charge on any atom is -0.143 e. The average Bonchev–Trinajstić information content (AvgIpc) is 2.01. The number of aryl methyl sites for hydroxylation is 1. The van der Waals surface area contributed by atoms with Crippen molar-refractivity contribution >= 4 is 12.6 Å². The van der Waals surface area contributed by atoms with Crippen LogP contribution in [0.2, 0.25) is 0 Å². The smallest absolute Gasteiger partial charge is 0.0122 e. The number of benzene rings is 1. The summed E-state index contributed by atoms with van der Waals surface area (Å²) in [6.45, 7) is 2.21. The van der Waals surface area contributed by atoms with E-state index >= 15 is 0 Å². The monoisotopic (exact) mass is 165 g/mol. The molecule has 1 aromatic carbocycles. The molecule has 0 spiro atoms. The van der Waals surface area contributed by atoms with Crippen molar-refractivity contribution in [3.05, 3.63) is 29.8 Å². The summed E-state index contributed by atoms with van der Waals surface area (Å²) >= 11 is 4.22. The van der Waals surface area contributed by atoms with Crippen LogP contribution in [0.1, 0.15) is 25.3 Å². The van der Waals surface area contributed by atoms with Crippen molar-refractivity contribution in [2.45, 2.75) is 31.1 Å². The number of hydrogen-bond donors (Lipinski definition) is 1. The Morgan fingerprint density at radius 3 is 3.00 bits per heavy atom. The first-order valence-electron chi connectivity index (χ1n) is 4.02. The summed E-state index contributed by atoms with van der Waals surface area (Å²) < 4.78 is 0. The molecule has 0 amide bonds. The summed E-state index contributed by atoms with van der Waals surface area (Å²) in [5, 5.41) is 0. The summed E-state index contributed by atoms with van der Waals surface area (Å²) in [5.41, 5.74) is 1.37. The van der Waals surface area contributed by atoms with Crippen LogP contribution in [0.3, 0.4) is 0 Å². The number of hydrogen-bond acceptors (Lipinski definition) is 1. The van der Waals surface area contributed by atoms with E-state index in [1.807, 2.05) is 6.07 Å². The third-order valence-electron chi connectivity index (χ3n) is 1.67. The summed E-state index contributed by atoms with van der Waals surface area (Å²) in [6.07, 6.45) is 3.68. The molecule has 0 aliphatic carbocycles. The fourth-order valence-electron chi connectivity index (χ4n) is 1.04. The largest absolute Gasteiger partial charge is 0.143 e. The first kappa shape index (κ1) is 8.66. The maximum absolute atomic E-state index is 4.22. The van der Waals surface area contributed by atoms with E-state index in [-0.39, 0.29) is 0 Å². The molecule has 0 aliphatic heterocycles. The van der Waals surface area contributed by atoms with Gasteiger partial charge < -0.3 is 0 Å². The molecule has 1 rings (SSSR count). The van der Waals surface area contributed by atoms with Crippen LogP contribution >= 0.6 is 12.6 Å². The lowest BCUT2D eigenvalue weighted by Gasteiger charge is -1.98. The molecule has 1 heteroatoms. The second-order valence-electron chi connectivity index (χ2n) is 2.69. The van der Waals surface area contributed by atoms with Crippen LogP contribution in [0.4, 0.5) is 0 Å². The fraction of sp³-hybridized carbons (Fsp3) is 0.400. The van der Waals surface area contributed by atoms with Gasteiger partial charge in [-0.15, -0.1) is 12.6 Å². The average molecular weight is 165 g/mol. The molecule has 0 saturated heterocycles. The van der Waals surface area contributed by atoms with Crippen LogP contribution in [0.5, 0.6) is 0 Å². The molecule has 0 nitrogen and oxygen atoms in total. The van der Waals surface area contributed by atoms with E-state index in [1.165, 1.54) is 24.8 Å². The van der Waals surface area contributed by atoms with Gasteiger partial charge in [-0.25, -0.2) is 0 Å². The Morgan fingerprint density at radius 1 is 1.55 bits per heavy atom. The molecule has 0 bridgehead atoms. The van der Waals surface area contributed by atoms with Crippen molar-refractivity contribution in [3.8, 4) is 0 Å². The Bertz CT molecular complexity index is 218. The van der Waals surface area contributed by atoms with Crippen LogP contribution in [-0.4, -0.2) is 0 Å². The van der Waals surface area contributed by atoms with Gasteiger partial charge in [0.25, 0.3) is 0 Å². The van der Waals surface area contributed by atoms with E-state index in [0.717, 1.165) is 4.90 Å². The molecule has 1 radical (unpaired) electrons. The number of thiol groups is 1. The quantitative estimate of drug-likeness (QED) is 0.654. The molecule has 0 unspecified atom stereocenters. The van der Waals surface area contributed by atoms with Gasteiger partial charge in [0.05, 0.1) is 0 Å². The van der Waals surface area contributed by atoms with Crippen LogP contribution in [0.15, 0.2) is 23.1 Å². The molecule has 0 aliphatic rings. The van der Waals surface area contributed by atoms with Gasteiger partial charge in [0.1, 0.15) is 0 Å². The van der Waals surface area contributed by atoms with E-state index in [9.17, 15) is 0 Å². The molecule has 0 fully saturated rings. The molecule has 11 heavy (non-hydrogen) atoms. The van der Waals surface area contributed by atoms with Crippen molar-refractivity contribution in [3.63, 3.8) is 0 Å². The highest BCUT2D eigenvalue weighted by atomic mass is 32.1. The van der Waals surface area contributed by atoms with Crippen molar-refractivity contribution in [1.29, 1.82) is 0 Å². The molecule has 0 aromatic heterocycles. The van der Waals surface area contributed by atoms with Gasteiger partial charge >= 0.3 is 0 Å². The minimum absolute atomic E-state index is 0.943. The zero-order chi connectivity index (χ0) is 8.10. The maximum Gasteiger partial charge on any atom is 0.0122 e. The predicted octanol–water partition coefficient (Wildman–Crippen LogP) is 3.12. The second-order valence-corrected chi connectivity index (χ2v) is 3.17. The van der Waals surface area contributed by atoms with Crippen molar-refractivity contribution in [2.24, 2.45) is 0 Å². The first-order valence-corrected chi connectivity index (χ1v) is 4.47. The Hall–Kier alpha value is -0.430. The first-order chi connectivity index (χ1) is 5.33. The van der Waals surface area contributed by atoms with Crippen LogP contribution in [-0.2, 0) is 6.42 Å². The van der Waals surface area contributed by atoms with Gasteiger partial charge in [0.15, 0.2) is 0 Å². The summed E-state index contributed by atoms with van der Waals surface area (Å²) in [4.78, 5) is 0.943. The molecule has 0 saturated carbocycles. The molecule has 0 atom stereocenters. The molecule has 0 N–H and O–H groups in total. The Labute approximate surface area is 74.0 Å². The highest BCUT2D eigenvalue weighted by Crippen LogP contribution is 2.10. The Morgan fingerprint density at radius 2 is 2.36 bits per heavy atom. The van der Waals surface area contributed by atoms with Gasteiger partial charge in [-0.2, -0.15) is 0 Å². The predicted molar refractivity (Wildman–Crippen MR) is 51.1 cm³/mol. The van der Waals surface area contributed by atoms with Crippen LogP contribution in [0.25, 0.3) is 0 Å². The van der Waals surface area contributed by atoms with Crippen LogP contribution in [0, 0.1) is 6.07 Å². The minimum atomic E-state index is 0.943. The highest BCUT2D eigenvalue weighted by molar-refractivity contribution is 7.80. The Kier molecular flexibility index (Phi) is 3.50. The van der Waals surface area contributed by atoms with Gasteiger partial charge in [0, 0.05) is 4.90 Å². The maximum atomic E-state index is 4.22. The van der Waals surface area contributed by atoms with Gasteiger partial charge in [0.2, 0.25) is 0 Å². The molecule has 1 aromatic rings. The van der Waals surface area contributed by atoms with Gasteiger partial charge in [-0.3, -0.25) is 0 Å². The fourth-order valence-corrected chi connectivity index (χ4v) is 1.28. The lowest BCUT2D eigenvalue weighted by atomic mass is 10.1. The Balaban J connectivity index is 2.56. The highest BCUT2D eigenvalue weighted by Gasteiger charge is 1.91. The third kappa shape index (κ3) is 2.98. The molecular weight excluding hydrogens is 152 g/mol. The standard InChI is InChI=1S/C10H13S/c1-2-3-5-9-6-4-7-10(11)8-9/h4,6,8,11H,2-3,5H2,1H3. The number of rotatable bonds is 3. The second kappa shape index (κ2) is 4.45. The van der Waals surface area contributed by atoms with Gasteiger partial charge in [-0.1, -0.05) is 25.5 Å². The third-order valence-corrected chi connectivity index (χ3v) is 1.93. The van der Waals surface area contributed by atoms with E-state index in [0.29, 0.717) is 0 Å². The zero-order valence-corrected chi connectivity index (χ0v) is 7.70. The lowest BCUT2D eigenvalue weighted by molar-refractivity contribution is 0.793. The molecule has 0 heterocycles. The van der Waals surface area contributed by atoms with Crippen LogP contribution < -0.4 is 0 Å². The van der Waals surface area contributed by atoms with Crippen molar-refractivity contribution in [1.82, 2.24) is 0 Å². The SMILES string of the molecule is CCCCc1cc[c]c(S)c1. The topological polar surface area (TPSA) is 0 Å². The summed E-state index contributed by atoms with van der Waals surface area (Å²) in [7, 11) is 0. The van der Waals surface area contributed by atoms with Crippen molar-refractivity contribution in [2.75, 3.05) is 0 Å². The van der Waals surface area contributed by atoms with E-state index < -0.39 is 0 Å². The zero-order valence-electron chi connectivity index (χ0n) is 6.80. The molecular formula is C10H13S. The summed E-state index contributed by atoms with van der Waals surface area (Å²) in [6, 6.07) is 9.14. The van der Waals surface area contributed by atoms with Gasteiger partial charge in [-0.05, 0) is 30.5 Å². The lowest BCUT2D eigenvalue weighted by Crippen LogP contribution is -1.83. The normalized spacial score (nSPS) is 10.0. The van der Waals surface area contributed by atoms with E-state index in [1.54, 1.807) is 0 Å².